The third kappa shape index (κ3) is 4.42. The highest BCUT2D eigenvalue weighted by atomic mass is 32.2. The quantitative estimate of drug-likeness (QED) is 0.582. The van der Waals surface area contributed by atoms with Crippen LogP contribution in [-0.4, -0.2) is 45.1 Å². The maximum Gasteiger partial charge on any atom is 0.237 e. The molecule has 3 aromatic rings. The third-order valence-electron chi connectivity index (χ3n) is 3.85. The van der Waals surface area contributed by atoms with Gasteiger partial charge in [0.15, 0.2) is 0 Å². The summed E-state index contributed by atoms with van der Waals surface area (Å²) < 4.78 is 12.5. The molecular weight excluding hydrogens is 378 g/mol. The first-order valence-corrected chi connectivity index (χ1v) is 9.63. The van der Waals surface area contributed by atoms with Crippen LogP contribution in [0.5, 0.6) is 11.5 Å². The molecule has 0 aliphatic carbocycles. The fraction of sp³-hybridized carbons (Fsp3) is 0.263. The van der Waals surface area contributed by atoms with Crippen LogP contribution in [0.4, 0.5) is 5.69 Å². The molecule has 0 saturated carbocycles. The van der Waals surface area contributed by atoms with Crippen molar-refractivity contribution in [2.75, 3.05) is 19.0 Å². The highest BCUT2D eigenvalue weighted by molar-refractivity contribution is 8.00. The fourth-order valence-corrected chi connectivity index (χ4v) is 3.31. The van der Waals surface area contributed by atoms with E-state index < -0.39 is 5.25 Å². The van der Waals surface area contributed by atoms with Gasteiger partial charge < -0.3 is 14.8 Å². The van der Waals surface area contributed by atoms with Crippen LogP contribution in [-0.2, 0) is 4.79 Å². The van der Waals surface area contributed by atoms with Gasteiger partial charge in [0.1, 0.15) is 17.2 Å². The van der Waals surface area contributed by atoms with Crippen LogP contribution in [0.25, 0.3) is 5.69 Å². The third-order valence-corrected chi connectivity index (χ3v) is 4.88. The van der Waals surface area contributed by atoms with Gasteiger partial charge >= 0.3 is 0 Å². The first kappa shape index (κ1) is 19.7. The SMILES string of the molecule is CCOc1ccccc1-n1nnnc1SC(C)C(=O)Nc1ccccc1OC. The number of aromatic nitrogens is 4. The van der Waals surface area contributed by atoms with Gasteiger partial charge in [0.2, 0.25) is 11.1 Å². The molecule has 0 aliphatic heterocycles. The Kier molecular flexibility index (Phi) is 6.49. The zero-order valence-corrected chi connectivity index (χ0v) is 16.6. The number of carbonyl (C=O) groups excluding carboxylic acids is 1. The van der Waals surface area contributed by atoms with E-state index in [1.54, 1.807) is 30.8 Å². The molecule has 8 nitrogen and oxygen atoms in total. The first-order chi connectivity index (χ1) is 13.6. The predicted molar refractivity (Wildman–Crippen MR) is 107 cm³/mol. The van der Waals surface area contributed by atoms with Crippen molar-refractivity contribution in [1.29, 1.82) is 0 Å². The number of benzene rings is 2. The molecule has 1 N–H and O–H groups in total. The van der Waals surface area contributed by atoms with Gasteiger partial charge in [-0.05, 0) is 48.5 Å². The minimum atomic E-state index is -0.436. The number of carbonyl (C=O) groups is 1. The predicted octanol–water partition coefficient (Wildman–Crippen LogP) is 3.19. The molecule has 1 amide bonds. The zero-order valence-electron chi connectivity index (χ0n) is 15.8. The Balaban J connectivity index is 1.76. The first-order valence-electron chi connectivity index (χ1n) is 8.75. The molecule has 1 unspecified atom stereocenters. The second kappa shape index (κ2) is 9.23. The van der Waals surface area contributed by atoms with Crippen molar-refractivity contribution in [3.05, 3.63) is 48.5 Å². The van der Waals surface area contributed by atoms with Gasteiger partial charge in [-0.3, -0.25) is 4.79 Å². The Bertz CT molecular complexity index is 947. The van der Waals surface area contributed by atoms with Gasteiger partial charge in [-0.15, -0.1) is 5.10 Å². The van der Waals surface area contributed by atoms with Crippen LogP contribution in [0.2, 0.25) is 0 Å². The van der Waals surface area contributed by atoms with Gasteiger partial charge in [0.05, 0.1) is 24.7 Å². The van der Waals surface area contributed by atoms with Crippen LogP contribution in [0.3, 0.4) is 0 Å². The second-order valence-corrected chi connectivity index (χ2v) is 7.03. The Labute approximate surface area is 167 Å². The molecule has 1 atom stereocenters. The molecule has 0 fully saturated rings. The number of para-hydroxylation sites is 4. The number of anilines is 1. The van der Waals surface area contributed by atoms with Crippen LogP contribution in [0.1, 0.15) is 13.8 Å². The van der Waals surface area contributed by atoms with Gasteiger partial charge in [-0.2, -0.15) is 4.68 Å². The Hall–Kier alpha value is -3.07. The number of nitrogens with one attached hydrogen (secondary N) is 1. The van der Waals surface area contributed by atoms with E-state index in [1.807, 2.05) is 43.3 Å². The van der Waals surface area contributed by atoms with Crippen molar-refractivity contribution in [1.82, 2.24) is 20.2 Å². The number of hydrogen-bond donors (Lipinski definition) is 1. The highest BCUT2D eigenvalue weighted by Crippen LogP contribution is 2.29. The molecule has 0 radical (unpaired) electrons. The summed E-state index contributed by atoms with van der Waals surface area (Å²) in [5, 5.41) is 14.8. The van der Waals surface area contributed by atoms with E-state index in [0.717, 1.165) is 0 Å². The molecular formula is C19H21N5O3S. The van der Waals surface area contributed by atoms with E-state index in [-0.39, 0.29) is 5.91 Å². The highest BCUT2D eigenvalue weighted by Gasteiger charge is 2.21. The largest absolute Gasteiger partial charge is 0.495 e. The molecule has 9 heteroatoms. The maximum absolute atomic E-state index is 12.6. The lowest BCUT2D eigenvalue weighted by molar-refractivity contribution is -0.115. The molecule has 1 aromatic heterocycles. The number of amides is 1. The molecule has 0 spiro atoms. The lowest BCUT2D eigenvalue weighted by Crippen LogP contribution is -2.23. The Morgan fingerprint density at radius 1 is 1.18 bits per heavy atom. The Morgan fingerprint density at radius 3 is 2.64 bits per heavy atom. The van der Waals surface area contributed by atoms with Crippen molar-refractivity contribution >= 4 is 23.4 Å². The summed E-state index contributed by atoms with van der Waals surface area (Å²) >= 11 is 1.26. The number of ether oxygens (including phenoxy) is 2. The van der Waals surface area contributed by atoms with Crippen LogP contribution in [0, 0.1) is 0 Å². The standard InChI is InChI=1S/C19H21N5O3S/c1-4-27-17-12-8-6-10-15(17)24-19(21-22-23-24)28-13(2)18(25)20-14-9-5-7-11-16(14)26-3/h5-13H,4H2,1-3H3,(H,20,25). The van der Waals surface area contributed by atoms with Crippen molar-refractivity contribution in [3.8, 4) is 17.2 Å². The summed E-state index contributed by atoms with van der Waals surface area (Å²) in [7, 11) is 1.56. The van der Waals surface area contributed by atoms with Crippen LogP contribution in [0.15, 0.2) is 53.7 Å². The zero-order chi connectivity index (χ0) is 19.9. The van der Waals surface area contributed by atoms with Crippen LogP contribution < -0.4 is 14.8 Å². The summed E-state index contributed by atoms with van der Waals surface area (Å²) in [6.07, 6.45) is 0. The van der Waals surface area contributed by atoms with E-state index in [2.05, 4.69) is 20.8 Å². The average molecular weight is 399 g/mol. The summed E-state index contributed by atoms with van der Waals surface area (Å²) in [6, 6.07) is 14.7. The lowest BCUT2D eigenvalue weighted by atomic mass is 10.3. The summed E-state index contributed by atoms with van der Waals surface area (Å²) in [4.78, 5) is 12.6. The number of hydrogen-bond acceptors (Lipinski definition) is 7. The summed E-state index contributed by atoms with van der Waals surface area (Å²) in [6.45, 7) is 4.23. The molecule has 3 rings (SSSR count). The summed E-state index contributed by atoms with van der Waals surface area (Å²) in [5.74, 6) is 1.09. The molecule has 2 aromatic carbocycles. The van der Waals surface area contributed by atoms with Gasteiger partial charge in [0.25, 0.3) is 0 Å². The molecule has 0 bridgehead atoms. The number of methoxy groups -OCH3 is 1. The van der Waals surface area contributed by atoms with Crippen LogP contribution >= 0.6 is 11.8 Å². The average Bonchev–Trinajstić information content (AvgIpc) is 3.17. The molecule has 0 saturated heterocycles. The number of tetrazole rings is 1. The van der Waals surface area contributed by atoms with E-state index in [1.165, 1.54) is 11.8 Å². The molecule has 146 valence electrons. The lowest BCUT2D eigenvalue weighted by Gasteiger charge is -2.14. The van der Waals surface area contributed by atoms with Crippen molar-refractivity contribution < 1.29 is 14.3 Å². The monoisotopic (exact) mass is 399 g/mol. The number of thioether (sulfide) groups is 1. The molecule has 1 heterocycles. The minimum Gasteiger partial charge on any atom is -0.495 e. The normalized spacial score (nSPS) is 11.7. The number of rotatable bonds is 8. The minimum absolute atomic E-state index is 0.179. The maximum atomic E-state index is 12.6. The van der Waals surface area contributed by atoms with E-state index in [4.69, 9.17) is 9.47 Å². The second-order valence-electron chi connectivity index (χ2n) is 5.72. The van der Waals surface area contributed by atoms with Gasteiger partial charge in [0, 0.05) is 0 Å². The van der Waals surface area contributed by atoms with Gasteiger partial charge in [-0.25, -0.2) is 0 Å². The summed E-state index contributed by atoms with van der Waals surface area (Å²) in [5.41, 5.74) is 1.33. The van der Waals surface area contributed by atoms with Gasteiger partial charge in [-0.1, -0.05) is 36.0 Å². The van der Waals surface area contributed by atoms with E-state index in [9.17, 15) is 4.79 Å². The van der Waals surface area contributed by atoms with E-state index >= 15 is 0 Å². The topological polar surface area (TPSA) is 91.2 Å². The number of nitrogens with zero attached hydrogens (tertiary/aromatic N) is 4. The molecule has 28 heavy (non-hydrogen) atoms. The van der Waals surface area contributed by atoms with E-state index in [0.29, 0.717) is 34.6 Å². The Morgan fingerprint density at radius 2 is 1.89 bits per heavy atom. The van der Waals surface area contributed by atoms with Crippen molar-refractivity contribution in [2.24, 2.45) is 0 Å². The smallest absolute Gasteiger partial charge is 0.237 e. The molecule has 0 aliphatic rings. The fourth-order valence-electron chi connectivity index (χ4n) is 2.51. The van der Waals surface area contributed by atoms with Crippen molar-refractivity contribution in [3.63, 3.8) is 0 Å². The van der Waals surface area contributed by atoms with Crippen molar-refractivity contribution in [2.45, 2.75) is 24.3 Å².